The Kier molecular flexibility index (Phi) is 4.24. The van der Waals surface area contributed by atoms with Crippen molar-refractivity contribution in [2.75, 3.05) is 11.9 Å². The van der Waals surface area contributed by atoms with Crippen molar-refractivity contribution in [2.24, 2.45) is 5.92 Å². The van der Waals surface area contributed by atoms with E-state index in [9.17, 15) is 9.90 Å². The number of rotatable bonds is 5. The van der Waals surface area contributed by atoms with E-state index in [1.807, 2.05) is 0 Å². The van der Waals surface area contributed by atoms with Crippen LogP contribution in [0, 0.1) is 5.92 Å². The third-order valence-corrected chi connectivity index (χ3v) is 3.51. The number of hydrogen-bond donors (Lipinski definition) is 2. The van der Waals surface area contributed by atoms with Gasteiger partial charge in [0, 0.05) is 13.1 Å². The lowest BCUT2D eigenvalue weighted by molar-refractivity contribution is 0.208. The SMILES string of the molecule is CC(O)CNc1c(Cl)cnn(CC2CCC2)c1=O. The molecule has 1 aliphatic rings. The van der Waals surface area contributed by atoms with Crippen LogP contribution in [-0.4, -0.2) is 27.5 Å². The topological polar surface area (TPSA) is 67.2 Å². The van der Waals surface area contributed by atoms with Crippen molar-refractivity contribution in [3.8, 4) is 0 Å². The second-order valence-electron chi connectivity index (χ2n) is 4.88. The monoisotopic (exact) mass is 271 g/mol. The van der Waals surface area contributed by atoms with E-state index in [2.05, 4.69) is 10.4 Å². The zero-order valence-corrected chi connectivity index (χ0v) is 11.2. The average molecular weight is 272 g/mol. The molecule has 0 radical (unpaired) electrons. The summed E-state index contributed by atoms with van der Waals surface area (Å²) >= 11 is 5.95. The number of aliphatic hydroxyl groups excluding tert-OH is 1. The van der Waals surface area contributed by atoms with Gasteiger partial charge in [0.05, 0.1) is 17.3 Å². The third-order valence-electron chi connectivity index (χ3n) is 3.23. The lowest BCUT2D eigenvalue weighted by Crippen LogP contribution is -2.31. The van der Waals surface area contributed by atoms with Crippen LogP contribution in [0.1, 0.15) is 26.2 Å². The fourth-order valence-corrected chi connectivity index (χ4v) is 2.12. The summed E-state index contributed by atoms with van der Waals surface area (Å²) in [6, 6.07) is 0. The molecule has 0 spiro atoms. The molecule has 0 saturated heterocycles. The molecule has 6 heteroatoms. The van der Waals surface area contributed by atoms with Crippen LogP contribution < -0.4 is 10.9 Å². The van der Waals surface area contributed by atoms with E-state index in [-0.39, 0.29) is 5.56 Å². The van der Waals surface area contributed by atoms with E-state index in [4.69, 9.17) is 11.6 Å². The van der Waals surface area contributed by atoms with Gasteiger partial charge >= 0.3 is 0 Å². The van der Waals surface area contributed by atoms with Crippen molar-refractivity contribution in [3.63, 3.8) is 0 Å². The first-order chi connectivity index (χ1) is 8.58. The molecule has 1 unspecified atom stereocenters. The summed E-state index contributed by atoms with van der Waals surface area (Å²) in [6.07, 6.45) is 4.50. The van der Waals surface area contributed by atoms with Crippen LogP contribution in [0.4, 0.5) is 5.69 Å². The van der Waals surface area contributed by atoms with Crippen molar-refractivity contribution in [1.29, 1.82) is 0 Å². The number of hydrogen-bond acceptors (Lipinski definition) is 4. The Morgan fingerprint density at radius 3 is 2.94 bits per heavy atom. The number of aliphatic hydroxyl groups is 1. The van der Waals surface area contributed by atoms with Gasteiger partial charge in [-0.1, -0.05) is 18.0 Å². The van der Waals surface area contributed by atoms with Crippen LogP contribution >= 0.6 is 11.6 Å². The first-order valence-corrected chi connectivity index (χ1v) is 6.63. The van der Waals surface area contributed by atoms with Crippen LogP contribution in [0.5, 0.6) is 0 Å². The number of nitrogens with one attached hydrogen (secondary N) is 1. The minimum Gasteiger partial charge on any atom is -0.392 e. The maximum atomic E-state index is 12.1. The molecule has 1 heterocycles. The Hall–Kier alpha value is -1.07. The Morgan fingerprint density at radius 1 is 1.67 bits per heavy atom. The van der Waals surface area contributed by atoms with Crippen molar-refractivity contribution < 1.29 is 5.11 Å². The van der Waals surface area contributed by atoms with Crippen molar-refractivity contribution in [1.82, 2.24) is 9.78 Å². The van der Waals surface area contributed by atoms with Gasteiger partial charge in [-0.2, -0.15) is 5.10 Å². The second-order valence-corrected chi connectivity index (χ2v) is 5.29. The number of halogens is 1. The predicted octanol–water partition coefficient (Wildman–Crippen LogP) is 1.49. The summed E-state index contributed by atoms with van der Waals surface area (Å²) in [5.74, 6) is 0.556. The molecule has 2 N–H and O–H groups in total. The largest absolute Gasteiger partial charge is 0.392 e. The summed E-state index contributed by atoms with van der Waals surface area (Å²) in [4.78, 5) is 12.1. The maximum Gasteiger partial charge on any atom is 0.291 e. The molecule has 1 aromatic rings. The van der Waals surface area contributed by atoms with Crippen LogP contribution in [-0.2, 0) is 6.54 Å². The minimum absolute atomic E-state index is 0.213. The molecule has 2 rings (SSSR count). The Balaban J connectivity index is 2.16. The smallest absolute Gasteiger partial charge is 0.291 e. The molecule has 100 valence electrons. The second kappa shape index (κ2) is 5.71. The zero-order chi connectivity index (χ0) is 13.1. The zero-order valence-electron chi connectivity index (χ0n) is 10.4. The number of anilines is 1. The molecule has 1 atom stereocenters. The highest BCUT2D eigenvalue weighted by Gasteiger charge is 2.20. The van der Waals surface area contributed by atoms with Crippen molar-refractivity contribution >= 4 is 17.3 Å². The highest BCUT2D eigenvalue weighted by atomic mass is 35.5. The normalized spacial score (nSPS) is 17.3. The fourth-order valence-electron chi connectivity index (χ4n) is 1.93. The van der Waals surface area contributed by atoms with E-state index < -0.39 is 6.10 Å². The van der Waals surface area contributed by atoms with Gasteiger partial charge in [0.25, 0.3) is 5.56 Å². The highest BCUT2D eigenvalue weighted by Crippen LogP contribution is 2.27. The van der Waals surface area contributed by atoms with E-state index in [1.165, 1.54) is 17.3 Å². The predicted molar refractivity (Wildman–Crippen MR) is 71.0 cm³/mol. The van der Waals surface area contributed by atoms with Crippen molar-refractivity contribution in [2.45, 2.75) is 38.8 Å². The fraction of sp³-hybridized carbons (Fsp3) is 0.667. The van der Waals surface area contributed by atoms with Crippen molar-refractivity contribution in [3.05, 3.63) is 21.6 Å². The van der Waals surface area contributed by atoms with Gasteiger partial charge < -0.3 is 10.4 Å². The molecule has 1 aliphatic carbocycles. The molecule has 1 fully saturated rings. The maximum absolute atomic E-state index is 12.1. The molecule has 0 amide bonds. The van der Waals surface area contributed by atoms with Crippen LogP contribution in [0.3, 0.4) is 0 Å². The van der Waals surface area contributed by atoms with E-state index in [1.54, 1.807) is 6.92 Å². The van der Waals surface area contributed by atoms with Gasteiger partial charge in [0.1, 0.15) is 5.69 Å². The number of aromatic nitrogens is 2. The summed E-state index contributed by atoms with van der Waals surface area (Å²) in [6.45, 7) is 2.59. The lowest BCUT2D eigenvalue weighted by atomic mass is 9.85. The standard InChI is InChI=1S/C12H18ClN3O2/c1-8(17)5-14-11-10(13)6-15-16(12(11)18)7-9-3-2-4-9/h6,8-9,14,17H,2-5,7H2,1H3. The molecule has 5 nitrogen and oxygen atoms in total. The van der Waals surface area contributed by atoms with Gasteiger partial charge in [-0.15, -0.1) is 0 Å². The Bertz CT molecular complexity index is 469. The summed E-state index contributed by atoms with van der Waals surface area (Å²) < 4.78 is 1.46. The van der Waals surface area contributed by atoms with E-state index >= 15 is 0 Å². The first-order valence-electron chi connectivity index (χ1n) is 6.25. The van der Waals surface area contributed by atoms with Gasteiger partial charge in [-0.3, -0.25) is 4.79 Å². The first kappa shape index (κ1) is 13.4. The van der Waals surface area contributed by atoms with Gasteiger partial charge in [0.2, 0.25) is 0 Å². The Morgan fingerprint density at radius 2 is 2.39 bits per heavy atom. The quantitative estimate of drug-likeness (QED) is 0.851. The van der Waals surface area contributed by atoms with E-state index in [0.717, 1.165) is 12.8 Å². The van der Waals surface area contributed by atoms with Gasteiger partial charge in [-0.25, -0.2) is 4.68 Å². The summed E-state index contributed by atoms with van der Waals surface area (Å²) in [5.41, 5.74) is 0.113. The molecule has 1 aromatic heterocycles. The lowest BCUT2D eigenvalue weighted by Gasteiger charge is -2.25. The van der Waals surface area contributed by atoms with Gasteiger partial charge in [-0.05, 0) is 25.7 Å². The highest BCUT2D eigenvalue weighted by molar-refractivity contribution is 6.32. The van der Waals surface area contributed by atoms with Crippen LogP contribution in [0.15, 0.2) is 11.0 Å². The van der Waals surface area contributed by atoms with Gasteiger partial charge in [0.15, 0.2) is 0 Å². The molecular weight excluding hydrogens is 254 g/mol. The number of nitrogens with zero attached hydrogens (tertiary/aromatic N) is 2. The van der Waals surface area contributed by atoms with E-state index in [0.29, 0.717) is 29.7 Å². The van der Waals surface area contributed by atoms with Crippen LogP contribution in [0.2, 0.25) is 5.02 Å². The summed E-state index contributed by atoms with van der Waals surface area (Å²) in [5, 5.41) is 16.5. The average Bonchev–Trinajstić information content (AvgIpc) is 2.25. The van der Waals surface area contributed by atoms with Crippen LogP contribution in [0.25, 0.3) is 0 Å². The molecule has 18 heavy (non-hydrogen) atoms. The third kappa shape index (κ3) is 3.03. The molecule has 0 bridgehead atoms. The molecular formula is C12H18ClN3O2. The molecule has 0 aromatic carbocycles. The Labute approximate surface area is 111 Å². The molecule has 0 aliphatic heterocycles. The molecule has 1 saturated carbocycles. The summed E-state index contributed by atoms with van der Waals surface area (Å²) in [7, 11) is 0. The minimum atomic E-state index is -0.534.